The average molecular weight is 403 g/mol. The van der Waals surface area contributed by atoms with Gasteiger partial charge in [0, 0.05) is 16.1 Å². The molecule has 1 aliphatic rings. The number of ketones is 1. The van der Waals surface area contributed by atoms with Gasteiger partial charge in [-0.1, -0.05) is 29.8 Å². The van der Waals surface area contributed by atoms with Crippen molar-refractivity contribution in [1.82, 2.24) is 0 Å². The SMILES string of the molecule is Cc1c(CC(=O)OCC2COC(C)(C)O2)cccc1C(=O)c1ccc(Cl)cc1. The Morgan fingerprint density at radius 2 is 1.89 bits per heavy atom. The molecular formula is C22H23ClO5. The Kier molecular flexibility index (Phi) is 6.18. The quantitative estimate of drug-likeness (QED) is 0.537. The first-order valence-electron chi connectivity index (χ1n) is 9.11. The molecule has 5 nitrogen and oxygen atoms in total. The summed E-state index contributed by atoms with van der Waals surface area (Å²) >= 11 is 5.89. The molecule has 0 aliphatic carbocycles. The molecule has 0 amide bonds. The van der Waals surface area contributed by atoms with Gasteiger partial charge in [0.2, 0.25) is 0 Å². The Morgan fingerprint density at radius 1 is 1.18 bits per heavy atom. The van der Waals surface area contributed by atoms with Gasteiger partial charge in [-0.05, 0) is 56.2 Å². The van der Waals surface area contributed by atoms with Gasteiger partial charge in [-0.3, -0.25) is 9.59 Å². The number of esters is 1. The molecule has 28 heavy (non-hydrogen) atoms. The fraction of sp³-hybridized carbons (Fsp3) is 0.364. The van der Waals surface area contributed by atoms with E-state index in [0.29, 0.717) is 22.8 Å². The van der Waals surface area contributed by atoms with E-state index in [-0.39, 0.29) is 30.9 Å². The Labute approximate surface area is 169 Å². The van der Waals surface area contributed by atoms with E-state index in [2.05, 4.69) is 0 Å². The van der Waals surface area contributed by atoms with Crippen molar-refractivity contribution in [2.24, 2.45) is 0 Å². The van der Waals surface area contributed by atoms with Crippen LogP contribution < -0.4 is 0 Å². The van der Waals surface area contributed by atoms with Gasteiger partial charge in [0.25, 0.3) is 0 Å². The molecule has 1 unspecified atom stereocenters. The van der Waals surface area contributed by atoms with E-state index >= 15 is 0 Å². The number of ether oxygens (including phenoxy) is 3. The molecule has 3 rings (SSSR count). The maximum Gasteiger partial charge on any atom is 0.310 e. The maximum atomic E-state index is 12.8. The van der Waals surface area contributed by atoms with Gasteiger partial charge in [-0.2, -0.15) is 0 Å². The van der Waals surface area contributed by atoms with Crippen molar-refractivity contribution in [2.75, 3.05) is 13.2 Å². The molecule has 148 valence electrons. The molecule has 1 fully saturated rings. The molecule has 6 heteroatoms. The largest absolute Gasteiger partial charge is 0.463 e. The molecule has 2 aromatic rings. The Morgan fingerprint density at radius 3 is 2.54 bits per heavy atom. The van der Waals surface area contributed by atoms with Crippen molar-refractivity contribution in [1.29, 1.82) is 0 Å². The molecule has 2 aromatic carbocycles. The molecule has 0 bridgehead atoms. The van der Waals surface area contributed by atoms with Crippen LogP contribution in [0.25, 0.3) is 0 Å². The molecule has 1 saturated heterocycles. The minimum absolute atomic E-state index is 0.0878. The van der Waals surface area contributed by atoms with Crippen molar-refractivity contribution in [3.05, 3.63) is 69.7 Å². The first-order chi connectivity index (χ1) is 13.2. The van der Waals surface area contributed by atoms with Crippen LogP contribution in [-0.2, 0) is 25.4 Å². The highest BCUT2D eigenvalue weighted by Gasteiger charge is 2.33. The molecule has 1 heterocycles. The highest BCUT2D eigenvalue weighted by molar-refractivity contribution is 6.30. The summed E-state index contributed by atoms with van der Waals surface area (Å²) in [6, 6.07) is 12.1. The van der Waals surface area contributed by atoms with E-state index in [4.69, 9.17) is 25.8 Å². The average Bonchev–Trinajstić information content (AvgIpc) is 3.01. The first-order valence-corrected chi connectivity index (χ1v) is 9.49. The van der Waals surface area contributed by atoms with E-state index in [1.165, 1.54) is 0 Å². The normalized spacial score (nSPS) is 18.1. The van der Waals surface area contributed by atoms with Crippen LogP contribution in [0, 0.1) is 6.92 Å². The minimum atomic E-state index is -0.649. The second-order valence-electron chi connectivity index (χ2n) is 7.24. The third kappa shape index (κ3) is 4.98. The smallest absolute Gasteiger partial charge is 0.310 e. The number of hydrogen-bond acceptors (Lipinski definition) is 5. The van der Waals surface area contributed by atoms with Crippen molar-refractivity contribution >= 4 is 23.4 Å². The Hall–Kier alpha value is -2.21. The molecule has 0 spiro atoms. The molecule has 0 radical (unpaired) electrons. The van der Waals surface area contributed by atoms with Crippen LogP contribution in [0.1, 0.15) is 40.9 Å². The molecule has 0 saturated carbocycles. The van der Waals surface area contributed by atoms with Crippen LogP contribution in [0.3, 0.4) is 0 Å². The van der Waals surface area contributed by atoms with Crippen LogP contribution in [0.2, 0.25) is 5.02 Å². The summed E-state index contributed by atoms with van der Waals surface area (Å²) in [6.07, 6.45) is -0.178. The van der Waals surface area contributed by atoms with Crippen molar-refractivity contribution in [3.63, 3.8) is 0 Å². The molecule has 1 atom stereocenters. The number of carbonyl (C=O) groups is 2. The lowest BCUT2D eigenvalue weighted by Gasteiger charge is -2.17. The number of rotatable bonds is 6. The Balaban J connectivity index is 1.65. The van der Waals surface area contributed by atoms with E-state index in [1.807, 2.05) is 26.8 Å². The monoisotopic (exact) mass is 402 g/mol. The first kappa shape index (κ1) is 20.5. The van der Waals surface area contributed by atoms with Crippen LogP contribution in [0.5, 0.6) is 0 Å². The second kappa shape index (κ2) is 8.43. The standard InChI is InChI=1S/C22H23ClO5/c1-14-16(11-20(24)26-12-18-13-27-22(2,3)28-18)5-4-6-19(14)21(25)15-7-9-17(23)10-8-15/h4-10,18H,11-13H2,1-3H3. The topological polar surface area (TPSA) is 61.8 Å². The van der Waals surface area contributed by atoms with Gasteiger partial charge >= 0.3 is 5.97 Å². The van der Waals surface area contributed by atoms with Gasteiger partial charge in [-0.25, -0.2) is 0 Å². The molecule has 0 aromatic heterocycles. The number of benzene rings is 2. The lowest BCUT2D eigenvalue weighted by molar-refractivity contribution is -0.157. The summed E-state index contributed by atoms with van der Waals surface area (Å²) in [5.41, 5.74) is 2.63. The lowest BCUT2D eigenvalue weighted by Crippen LogP contribution is -2.25. The minimum Gasteiger partial charge on any atom is -0.463 e. The summed E-state index contributed by atoms with van der Waals surface area (Å²) in [4.78, 5) is 25.0. The van der Waals surface area contributed by atoms with Crippen molar-refractivity contribution in [3.8, 4) is 0 Å². The summed E-state index contributed by atoms with van der Waals surface area (Å²) in [7, 11) is 0. The summed E-state index contributed by atoms with van der Waals surface area (Å²) < 4.78 is 16.4. The van der Waals surface area contributed by atoms with E-state index < -0.39 is 5.79 Å². The second-order valence-corrected chi connectivity index (χ2v) is 7.67. The number of hydrogen-bond donors (Lipinski definition) is 0. The highest BCUT2D eigenvalue weighted by atomic mass is 35.5. The third-order valence-corrected chi connectivity index (χ3v) is 4.88. The van der Waals surface area contributed by atoms with Gasteiger partial charge in [0.05, 0.1) is 13.0 Å². The van der Waals surface area contributed by atoms with Crippen LogP contribution in [0.4, 0.5) is 0 Å². The molecular weight excluding hydrogens is 380 g/mol. The van der Waals surface area contributed by atoms with Crippen LogP contribution >= 0.6 is 11.6 Å². The highest BCUT2D eigenvalue weighted by Crippen LogP contribution is 2.23. The van der Waals surface area contributed by atoms with E-state index in [1.54, 1.807) is 36.4 Å². The van der Waals surface area contributed by atoms with E-state index in [0.717, 1.165) is 11.1 Å². The fourth-order valence-electron chi connectivity index (χ4n) is 3.12. The van der Waals surface area contributed by atoms with Crippen molar-refractivity contribution < 1.29 is 23.8 Å². The number of carbonyl (C=O) groups excluding carboxylic acids is 2. The summed E-state index contributed by atoms with van der Waals surface area (Å²) in [6.45, 7) is 6.01. The van der Waals surface area contributed by atoms with Gasteiger partial charge in [0.1, 0.15) is 12.7 Å². The maximum absolute atomic E-state index is 12.8. The predicted molar refractivity (Wildman–Crippen MR) is 106 cm³/mol. The molecule has 1 aliphatic heterocycles. The zero-order chi connectivity index (χ0) is 20.3. The zero-order valence-electron chi connectivity index (χ0n) is 16.2. The molecule has 0 N–H and O–H groups in total. The summed E-state index contributed by atoms with van der Waals surface area (Å²) in [5, 5.41) is 0.574. The lowest BCUT2D eigenvalue weighted by atomic mass is 9.94. The van der Waals surface area contributed by atoms with Gasteiger partial charge in [0.15, 0.2) is 11.6 Å². The van der Waals surface area contributed by atoms with Crippen LogP contribution in [0.15, 0.2) is 42.5 Å². The third-order valence-electron chi connectivity index (χ3n) is 4.63. The van der Waals surface area contributed by atoms with E-state index in [9.17, 15) is 9.59 Å². The summed E-state index contributed by atoms with van der Waals surface area (Å²) in [5.74, 6) is -1.13. The van der Waals surface area contributed by atoms with Crippen LogP contribution in [-0.4, -0.2) is 36.9 Å². The fourth-order valence-corrected chi connectivity index (χ4v) is 3.24. The number of halogens is 1. The Bertz CT molecular complexity index is 873. The van der Waals surface area contributed by atoms with Crippen molar-refractivity contribution in [2.45, 2.75) is 39.1 Å². The van der Waals surface area contributed by atoms with Gasteiger partial charge < -0.3 is 14.2 Å². The van der Waals surface area contributed by atoms with Gasteiger partial charge in [-0.15, -0.1) is 0 Å². The predicted octanol–water partition coefficient (Wildman–Crippen LogP) is 4.12. The zero-order valence-corrected chi connectivity index (χ0v) is 16.9.